The molecule has 0 atom stereocenters. The first kappa shape index (κ1) is 16.1. The van der Waals surface area contributed by atoms with Gasteiger partial charge in [-0.1, -0.05) is 18.2 Å². The summed E-state index contributed by atoms with van der Waals surface area (Å²) in [6.07, 6.45) is 2.87. The molecular weight excluding hydrogens is 319 g/mol. The molecule has 130 valence electrons. The first-order valence-corrected chi connectivity index (χ1v) is 8.76. The standard InChI is InChI=1S/C20H21FN2O2/c21-20-16(18-13-15-3-1-2-4-17(15)25-18)5-6-19(22-20)23-10-7-14(8-11-23)9-12-24/h1-6,13-14,24H,7-12H2. The molecule has 3 heterocycles. The zero-order valence-electron chi connectivity index (χ0n) is 14.0. The van der Waals surface area contributed by atoms with Gasteiger partial charge in [-0.2, -0.15) is 4.39 Å². The van der Waals surface area contributed by atoms with E-state index in [0.717, 1.165) is 43.3 Å². The minimum Gasteiger partial charge on any atom is -0.456 e. The molecule has 0 radical (unpaired) electrons. The number of para-hydroxylation sites is 1. The normalized spacial score (nSPS) is 15.8. The van der Waals surface area contributed by atoms with Gasteiger partial charge in [0.1, 0.15) is 17.2 Å². The van der Waals surface area contributed by atoms with Crippen LogP contribution in [0.5, 0.6) is 0 Å². The number of hydrogen-bond acceptors (Lipinski definition) is 4. The Labute approximate surface area is 145 Å². The van der Waals surface area contributed by atoms with Crippen LogP contribution in [0.25, 0.3) is 22.3 Å². The van der Waals surface area contributed by atoms with E-state index >= 15 is 0 Å². The van der Waals surface area contributed by atoms with E-state index in [1.165, 1.54) is 0 Å². The molecule has 4 rings (SSSR count). The van der Waals surface area contributed by atoms with Crippen LogP contribution >= 0.6 is 0 Å². The van der Waals surface area contributed by atoms with Gasteiger partial charge in [-0.25, -0.2) is 4.98 Å². The van der Waals surface area contributed by atoms with Crippen molar-refractivity contribution in [2.45, 2.75) is 19.3 Å². The number of aliphatic hydroxyl groups is 1. The van der Waals surface area contributed by atoms with Crippen molar-refractivity contribution in [3.05, 3.63) is 48.4 Å². The molecule has 0 saturated carbocycles. The Morgan fingerprint density at radius 3 is 2.68 bits per heavy atom. The first-order valence-electron chi connectivity index (χ1n) is 8.76. The molecule has 1 saturated heterocycles. The summed E-state index contributed by atoms with van der Waals surface area (Å²) in [5.74, 6) is 1.22. The molecule has 0 bridgehead atoms. The largest absolute Gasteiger partial charge is 0.456 e. The molecule has 0 aliphatic carbocycles. The van der Waals surface area contributed by atoms with Crippen LogP contribution < -0.4 is 4.90 Å². The summed E-state index contributed by atoms with van der Waals surface area (Å²) in [7, 11) is 0. The Kier molecular flexibility index (Phi) is 4.40. The van der Waals surface area contributed by atoms with E-state index < -0.39 is 5.95 Å². The van der Waals surface area contributed by atoms with Crippen molar-refractivity contribution in [2.24, 2.45) is 5.92 Å². The van der Waals surface area contributed by atoms with E-state index in [4.69, 9.17) is 9.52 Å². The number of rotatable bonds is 4. The number of furan rings is 1. The lowest BCUT2D eigenvalue weighted by Gasteiger charge is -2.32. The van der Waals surface area contributed by atoms with E-state index in [1.807, 2.05) is 36.4 Å². The highest BCUT2D eigenvalue weighted by atomic mass is 19.1. The van der Waals surface area contributed by atoms with Gasteiger partial charge in [-0.15, -0.1) is 0 Å². The third kappa shape index (κ3) is 3.24. The summed E-state index contributed by atoms with van der Waals surface area (Å²) >= 11 is 0. The molecular formula is C20H21FN2O2. The number of halogens is 1. The van der Waals surface area contributed by atoms with Crippen molar-refractivity contribution < 1.29 is 13.9 Å². The van der Waals surface area contributed by atoms with Crippen LogP contribution in [-0.2, 0) is 0 Å². The fraction of sp³-hybridized carbons (Fsp3) is 0.350. The molecule has 0 amide bonds. The fourth-order valence-electron chi connectivity index (χ4n) is 3.53. The van der Waals surface area contributed by atoms with Crippen LogP contribution in [-0.4, -0.2) is 29.8 Å². The third-order valence-electron chi connectivity index (χ3n) is 5.00. The second-order valence-electron chi connectivity index (χ2n) is 6.60. The molecule has 5 heteroatoms. The summed E-state index contributed by atoms with van der Waals surface area (Å²) < 4.78 is 20.3. The van der Waals surface area contributed by atoms with Gasteiger partial charge in [0.25, 0.3) is 0 Å². The number of nitrogens with zero attached hydrogens (tertiary/aromatic N) is 2. The van der Waals surface area contributed by atoms with Crippen LogP contribution in [0, 0.1) is 11.9 Å². The Bertz CT molecular complexity index is 836. The molecule has 1 aromatic carbocycles. The summed E-state index contributed by atoms with van der Waals surface area (Å²) in [5.41, 5.74) is 1.13. The number of benzene rings is 1. The highest BCUT2D eigenvalue weighted by Crippen LogP contribution is 2.31. The number of pyridine rings is 1. The molecule has 1 aliphatic rings. The fourth-order valence-corrected chi connectivity index (χ4v) is 3.53. The van der Waals surface area contributed by atoms with Crippen LogP contribution in [0.4, 0.5) is 10.2 Å². The lowest BCUT2D eigenvalue weighted by molar-refractivity contribution is 0.240. The molecule has 0 unspecified atom stereocenters. The van der Waals surface area contributed by atoms with Crippen molar-refractivity contribution in [3.63, 3.8) is 0 Å². The zero-order chi connectivity index (χ0) is 17.2. The number of aromatic nitrogens is 1. The molecule has 25 heavy (non-hydrogen) atoms. The van der Waals surface area contributed by atoms with E-state index in [1.54, 1.807) is 6.07 Å². The molecule has 3 aromatic rings. The monoisotopic (exact) mass is 340 g/mol. The highest BCUT2D eigenvalue weighted by Gasteiger charge is 2.21. The molecule has 4 nitrogen and oxygen atoms in total. The van der Waals surface area contributed by atoms with Gasteiger partial charge in [-0.3, -0.25) is 0 Å². The molecule has 1 aliphatic heterocycles. The molecule has 1 fully saturated rings. The Morgan fingerprint density at radius 2 is 1.96 bits per heavy atom. The number of anilines is 1. The average molecular weight is 340 g/mol. The van der Waals surface area contributed by atoms with E-state index in [0.29, 0.717) is 23.1 Å². The van der Waals surface area contributed by atoms with Crippen molar-refractivity contribution in [3.8, 4) is 11.3 Å². The summed E-state index contributed by atoms with van der Waals surface area (Å²) in [5, 5.41) is 10.00. The topological polar surface area (TPSA) is 49.5 Å². The minimum absolute atomic E-state index is 0.240. The predicted octanol–water partition coefficient (Wildman–Crippen LogP) is 4.23. The van der Waals surface area contributed by atoms with Gasteiger partial charge in [-0.05, 0) is 49.4 Å². The summed E-state index contributed by atoms with van der Waals surface area (Å²) in [6, 6.07) is 13.1. The Morgan fingerprint density at radius 1 is 1.16 bits per heavy atom. The lowest BCUT2D eigenvalue weighted by Crippen LogP contribution is -2.34. The van der Waals surface area contributed by atoms with Gasteiger partial charge in [0.15, 0.2) is 0 Å². The second kappa shape index (κ2) is 6.84. The maximum atomic E-state index is 14.6. The van der Waals surface area contributed by atoms with Crippen molar-refractivity contribution in [1.29, 1.82) is 0 Å². The number of hydrogen-bond donors (Lipinski definition) is 1. The third-order valence-corrected chi connectivity index (χ3v) is 5.00. The van der Waals surface area contributed by atoms with Crippen LogP contribution in [0.15, 0.2) is 46.9 Å². The maximum Gasteiger partial charge on any atom is 0.225 e. The van der Waals surface area contributed by atoms with E-state index in [2.05, 4.69) is 9.88 Å². The van der Waals surface area contributed by atoms with Crippen molar-refractivity contribution in [1.82, 2.24) is 4.98 Å². The van der Waals surface area contributed by atoms with E-state index in [9.17, 15) is 4.39 Å². The van der Waals surface area contributed by atoms with Gasteiger partial charge in [0.05, 0.1) is 5.56 Å². The number of aliphatic hydroxyl groups excluding tert-OH is 1. The van der Waals surface area contributed by atoms with Crippen molar-refractivity contribution in [2.75, 3.05) is 24.6 Å². The van der Waals surface area contributed by atoms with Gasteiger partial charge < -0.3 is 14.4 Å². The van der Waals surface area contributed by atoms with Crippen LogP contribution in [0.3, 0.4) is 0 Å². The molecule has 0 spiro atoms. The first-order chi connectivity index (χ1) is 12.2. The van der Waals surface area contributed by atoms with Crippen molar-refractivity contribution >= 4 is 16.8 Å². The summed E-state index contributed by atoms with van der Waals surface area (Å²) in [6.45, 7) is 1.94. The number of fused-ring (bicyclic) bond motifs is 1. The van der Waals surface area contributed by atoms with Crippen LogP contribution in [0.2, 0.25) is 0 Å². The average Bonchev–Trinajstić information content (AvgIpc) is 3.06. The maximum absolute atomic E-state index is 14.6. The highest BCUT2D eigenvalue weighted by molar-refractivity contribution is 5.82. The zero-order valence-corrected chi connectivity index (χ0v) is 14.0. The molecule has 1 N–H and O–H groups in total. The summed E-state index contributed by atoms with van der Waals surface area (Å²) in [4.78, 5) is 6.27. The minimum atomic E-state index is -0.506. The quantitative estimate of drug-likeness (QED) is 0.722. The Balaban J connectivity index is 1.55. The Hall–Kier alpha value is -2.40. The number of piperidine rings is 1. The lowest BCUT2D eigenvalue weighted by atomic mass is 9.94. The SMILES string of the molecule is OCCC1CCN(c2ccc(-c3cc4ccccc4o3)c(F)n2)CC1. The van der Waals surface area contributed by atoms with Gasteiger partial charge in [0, 0.05) is 25.1 Å². The van der Waals surface area contributed by atoms with Gasteiger partial charge in [0.2, 0.25) is 5.95 Å². The van der Waals surface area contributed by atoms with E-state index in [-0.39, 0.29) is 6.61 Å². The predicted molar refractivity (Wildman–Crippen MR) is 96.0 cm³/mol. The smallest absolute Gasteiger partial charge is 0.225 e. The molecule has 2 aromatic heterocycles. The second-order valence-corrected chi connectivity index (χ2v) is 6.60. The van der Waals surface area contributed by atoms with Crippen LogP contribution in [0.1, 0.15) is 19.3 Å². The van der Waals surface area contributed by atoms with Gasteiger partial charge >= 0.3 is 0 Å².